The number of ether oxygens (including phenoxy) is 2. The molecule has 2 rings (SSSR count). The van der Waals surface area contributed by atoms with E-state index < -0.39 is 0 Å². The molecule has 0 spiro atoms. The Morgan fingerprint density at radius 2 is 1.89 bits per heavy atom. The number of aliphatic hydroxyl groups is 1. The number of aliphatic hydroxyl groups excluding tert-OH is 1. The van der Waals surface area contributed by atoms with Crippen LogP contribution in [-0.2, 0) is 0 Å². The van der Waals surface area contributed by atoms with Gasteiger partial charge in [-0.15, -0.1) is 0 Å². The van der Waals surface area contributed by atoms with E-state index in [-0.39, 0.29) is 6.61 Å². The van der Waals surface area contributed by atoms with E-state index in [0.29, 0.717) is 6.61 Å². The Bertz CT molecular complexity index is 368. The highest BCUT2D eigenvalue weighted by molar-refractivity contribution is 5.54. The Balaban J connectivity index is 1.84. The lowest BCUT2D eigenvalue weighted by molar-refractivity contribution is 0.283. The second-order valence-corrected chi connectivity index (χ2v) is 4.42. The van der Waals surface area contributed by atoms with Crippen LogP contribution in [0.1, 0.15) is 25.7 Å². The van der Waals surface area contributed by atoms with Gasteiger partial charge in [-0.2, -0.15) is 0 Å². The first-order valence-electron chi connectivity index (χ1n) is 6.64. The van der Waals surface area contributed by atoms with Gasteiger partial charge in [0.15, 0.2) is 11.5 Å². The molecule has 0 saturated carbocycles. The molecule has 0 radical (unpaired) electrons. The van der Waals surface area contributed by atoms with Crippen molar-refractivity contribution in [3.05, 3.63) is 18.2 Å². The van der Waals surface area contributed by atoms with Gasteiger partial charge in [-0.05, 0) is 31.4 Å². The number of benzene rings is 1. The Hall–Kier alpha value is -1.42. The number of unbranched alkanes of at least 4 members (excludes halogenated alkanes) is 2. The summed E-state index contributed by atoms with van der Waals surface area (Å²) in [4.78, 5) is 0. The number of rotatable bonds is 6. The molecule has 0 fully saturated rings. The van der Waals surface area contributed by atoms with Crippen molar-refractivity contribution in [2.75, 3.05) is 31.7 Å². The molecule has 1 aromatic rings. The predicted molar refractivity (Wildman–Crippen MR) is 71.5 cm³/mol. The molecule has 0 atom stereocenters. The lowest BCUT2D eigenvalue weighted by Gasteiger charge is -2.11. The zero-order valence-electron chi connectivity index (χ0n) is 10.7. The monoisotopic (exact) mass is 251 g/mol. The normalized spacial score (nSPS) is 14.1. The fourth-order valence-electron chi connectivity index (χ4n) is 1.92. The molecule has 1 heterocycles. The second-order valence-electron chi connectivity index (χ2n) is 4.42. The fourth-order valence-corrected chi connectivity index (χ4v) is 1.92. The van der Waals surface area contributed by atoms with Crippen molar-refractivity contribution in [2.45, 2.75) is 25.7 Å². The van der Waals surface area contributed by atoms with Crippen LogP contribution in [0.4, 0.5) is 5.69 Å². The molecule has 4 heteroatoms. The Labute approximate surface area is 108 Å². The molecular weight excluding hydrogens is 230 g/mol. The van der Waals surface area contributed by atoms with Crippen molar-refractivity contribution in [1.29, 1.82) is 0 Å². The zero-order valence-corrected chi connectivity index (χ0v) is 10.7. The van der Waals surface area contributed by atoms with Gasteiger partial charge >= 0.3 is 0 Å². The van der Waals surface area contributed by atoms with E-state index >= 15 is 0 Å². The highest BCUT2D eigenvalue weighted by Crippen LogP contribution is 2.32. The number of anilines is 1. The largest absolute Gasteiger partial charge is 0.490 e. The van der Waals surface area contributed by atoms with Crippen LogP contribution in [0.5, 0.6) is 11.5 Å². The average Bonchev–Trinajstić information content (AvgIpc) is 2.63. The van der Waals surface area contributed by atoms with E-state index in [4.69, 9.17) is 14.6 Å². The first-order chi connectivity index (χ1) is 8.90. The molecule has 1 aliphatic rings. The van der Waals surface area contributed by atoms with Crippen LogP contribution >= 0.6 is 0 Å². The molecule has 0 amide bonds. The maximum Gasteiger partial charge on any atom is 0.163 e. The SMILES string of the molecule is OCCCCCNc1ccc2c(c1)OCCCO2. The summed E-state index contributed by atoms with van der Waals surface area (Å²) in [5.41, 5.74) is 1.06. The van der Waals surface area contributed by atoms with E-state index in [9.17, 15) is 0 Å². The van der Waals surface area contributed by atoms with Crippen LogP contribution in [0, 0.1) is 0 Å². The third-order valence-corrected chi connectivity index (χ3v) is 2.91. The van der Waals surface area contributed by atoms with Crippen LogP contribution in [0.15, 0.2) is 18.2 Å². The van der Waals surface area contributed by atoms with Crippen molar-refractivity contribution in [3.63, 3.8) is 0 Å². The van der Waals surface area contributed by atoms with Crippen molar-refractivity contribution in [3.8, 4) is 11.5 Å². The Kier molecular flexibility index (Phi) is 5.15. The summed E-state index contributed by atoms with van der Waals surface area (Å²) in [6, 6.07) is 5.96. The molecule has 4 nitrogen and oxygen atoms in total. The molecule has 0 aromatic heterocycles. The molecule has 0 saturated heterocycles. The quantitative estimate of drug-likeness (QED) is 0.762. The highest BCUT2D eigenvalue weighted by atomic mass is 16.5. The van der Waals surface area contributed by atoms with E-state index in [1.807, 2.05) is 18.2 Å². The first kappa shape index (κ1) is 13.0. The summed E-state index contributed by atoms with van der Waals surface area (Å²) >= 11 is 0. The van der Waals surface area contributed by atoms with E-state index in [1.54, 1.807) is 0 Å². The number of fused-ring (bicyclic) bond motifs is 1. The molecule has 18 heavy (non-hydrogen) atoms. The zero-order chi connectivity index (χ0) is 12.6. The molecule has 0 unspecified atom stereocenters. The maximum absolute atomic E-state index is 8.69. The number of hydrogen-bond donors (Lipinski definition) is 2. The van der Waals surface area contributed by atoms with Gasteiger partial charge in [-0.3, -0.25) is 0 Å². The Morgan fingerprint density at radius 3 is 2.72 bits per heavy atom. The van der Waals surface area contributed by atoms with Gasteiger partial charge < -0.3 is 19.9 Å². The molecule has 0 aliphatic carbocycles. The van der Waals surface area contributed by atoms with Gasteiger partial charge in [-0.25, -0.2) is 0 Å². The minimum atomic E-state index is 0.282. The van der Waals surface area contributed by atoms with Crippen LogP contribution in [0.25, 0.3) is 0 Å². The van der Waals surface area contributed by atoms with E-state index in [1.165, 1.54) is 0 Å². The number of hydrogen-bond acceptors (Lipinski definition) is 4. The summed E-state index contributed by atoms with van der Waals surface area (Å²) in [5, 5.41) is 12.0. The van der Waals surface area contributed by atoms with Gasteiger partial charge in [0, 0.05) is 31.3 Å². The first-order valence-corrected chi connectivity index (χ1v) is 6.64. The summed E-state index contributed by atoms with van der Waals surface area (Å²) in [5.74, 6) is 1.66. The van der Waals surface area contributed by atoms with Gasteiger partial charge in [-0.1, -0.05) is 0 Å². The van der Waals surface area contributed by atoms with Crippen molar-refractivity contribution >= 4 is 5.69 Å². The lowest BCUT2D eigenvalue weighted by atomic mass is 10.2. The molecule has 0 bridgehead atoms. The number of nitrogens with one attached hydrogen (secondary N) is 1. The van der Waals surface area contributed by atoms with Crippen molar-refractivity contribution in [1.82, 2.24) is 0 Å². The highest BCUT2D eigenvalue weighted by Gasteiger charge is 2.10. The summed E-state index contributed by atoms with van der Waals surface area (Å²) in [6.45, 7) is 2.64. The molecule has 2 N–H and O–H groups in total. The predicted octanol–water partition coefficient (Wildman–Crippen LogP) is 2.42. The van der Waals surface area contributed by atoms with Crippen molar-refractivity contribution in [2.24, 2.45) is 0 Å². The topological polar surface area (TPSA) is 50.7 Å². The minimum absolute atomic E-state index is 0.282. The fraction of sp³-hybridized carbons (Fsp3) is 0.571. The molecule has 100 valence electrons. The third-order valence-electron chi connectivity index (χ3n) is 2.91. The summed E-state index contributed by atoms with van der Waals surface area (Å²) in [6.07, 6.45) is 3.92. The summed E-state index contributed by atoms with van der Waals surface area (Å²) in [7, 11) is 0. The lowest BCUT2D eigenvalue weighted by Crippen LogP contribution is -2.02. The third kappa shape index (κ3) is 3.81. The van der Waals surface area contributed by atoms with Crippen LogP contribution in [0.2, 0.25) is 0 Å². The molecular formula is C14H21NO3. The van der Waals surface area contributed by atoms with Gasteiger partial charge in [0.05, 0.1) is 13.2 Å². The minimum Gasteiger partial charge on any atom is -0.490 e. The second kappa shape index (κ2) is 7.11. The van der Waals surface area contributed by atoms with Crippen LogP contribution < -0.4 is 14.8 Å². The van der Waals surface area contributed by atoms with E-state index in [2.05, 4.69) is 5.32 Å². The smallest absolute Gasteiger partial charge is 0.163 e. The van der Waals surface area contributed by atoms with Gasteiger partial charge in [0.1, 0.15) is 0 Å². The average molecular weight is 251 g/mol. The van der Waals surface area contributed by atoms with Gasteiger partial charge in [0.25, 0.3) is 0 Å². The summed E-state index contributed by atoms with van der Waals surface area (Å²) < 4.78 is 11.2. The Morgan fingerprint density at radius 1 is 1.06 bits per heavy atom. The molecule has 1 aromatic carbocycles. The standard InChI is InChI=1S/C14H21NO3/c16-8-3-1-2-7-15-12-5-6-13-14(11-12)18-10-4-9-17-13/h5-6,11,15-16H,1-4,7-10H2. The van der Waals surface area contributed by atoms with E-state index in [0.717, 1.165) is 56.0 Å². The van der Waals surface area contributed by atoms with Crippen LogP contribution in [0.3, 0.4) is 0 Å². The maximum atomic E-state index is 8.69. The van der Waals surface area contributed by atoms with Crippen molar-refractivity contribution < 1.29 is 14.6 Å². The van der Waals surface area contributed by atoms with Crippen LogP contribution in [-0.4, -0.2) is 31.5 Å². The van der Waals surface area contributed by atoms with Gasteiger partial charge in [0.2, 0.25) is 0 Å². The molecule has 1 aliphatic heterocycles.